The van der Waals surface area contributed by atoms with Crippen molar-refractivity contribution in [2.45, 2.75) is 12.8 Å². The Bertz CT molecular complexity index is 957. The van der Waals surface area contributed by atoms with Crippen molar-refractivity contribution in [2.75, 3.05) is 37.6 Å². The summed E-state index contributed by atoms with van der Waals surface area (Å²) in [7, 11) is 3.14. The Morgan fingerprint density at radius 2 is 1.64 bits per heavy atom. The van der Waals surface area contributed by atoms with Crippen molar-refractivity contribution >= 4 is 11.6 Å². The van der Waals surface area contributed by atoms with E-state index in [1.165, 1.54) is 41.9 Å². The van der Waals surface area contributed by atoms with E-state index >= 15 is 0 Å². The van der Waals surface area contributed by atoms with Gasteiger partial charge < -0.3 is 4.90 Å². The van der Waals surface area contributed by atoms with E-state index in [-0.39, 0.29) is 22.8 Å². The van der Waals surface area contributed by atoms with Crippen LogP contribution in [0.5, 0.6) is 0 Å². The molecule has 3 rings (SSSR count). The van der Waals surface area contributed by atoms with E-state index in [1.807, 2.05) is 4.90 Å². The highest BCUT2D eigenvalue weighted by atomic mass is 19.1. The van der Waals surface area contributed by atoms with Gasteiger partial charge >= 0.3 is 5.69 Å². The lowest BCUT2D eigenvalue weighted by Crippen LogP contribution is -2.49. The fourth-order valence-electron chi connectivity index (χ4n) is 3.47. The predicted octanol–water partition coefficient (Wildman–Crippen LogP) is 1.01. The monoisotopic (exact) mass is 388 g/mol. The number of hydrogen-bond acceptors (Lipinski definition) is 5. The van der Waals surface area contributed by atoms with Crippen molar-refractivity contribution in [2.24, 2.45) is 14.1 Å². The summed E-state index contributed by atoms with van der Waals surface area (Å²) in [4.78, 5) is 40.5. The summed E-state index contributed by atoms with van der Waals surface area (Å²) in [6.45, 7) is 3.83. The first-order valence-corrected chi connectivity index (χ1v) is 9.40. The van der Waals surface area contributed by atoms with Gasteiger partial charge in [0, 0.05) is 58.3 Å². The molecule has 1 fully saturated rings. The average molecular weight is 388 g/mol. The molecule has 7 nitrogen and oxygen atoms in total. The molecule has 0 unspecified atom stereocenters. The predicted molar refractivity (Wildman–Crippen MR) is 106 cm³/mol. The molecule has 2 heterocycles. The largest absolute Gasteiger partial charge is 0.355 e. The van der Waals surface area contributed by atoms with E-state index in [4.69, 9.17) is 0 Å². The quantitative estimate of drug-likeness (QED) is 0.691. The third kappa shape index (κ3) is 4.39. The second kappa shape index (κ2) is 8.52. The number of hydrogen-bond donors (Lipinski definition) is 0. The number of piperazine rings is 1. The molecule has 0 bridgehead atoms. The number of Topliss-reactive ketones (excluding diaryl/α,β-unsaturated/α-hetero) is 1. The molecule has 0 atom stereocenters. The number of carbonyl (C=O) groups excluding carboxylic acids is 1. The maximum atomic E-state index is 12.9. The standard InChI is InChI=1S/C20H25FN4O3/c1-22-18(14-19(27)23(2)20(22)28)25-12-10-24(11-13-25)9-3-4-17(26)15-5-7-16(21)8-6-15/h5-8,14H,3-4,9-13H2,1-2H3. The van der Waals surface area contributed by atoms with E-state index in [9.17, 15) is 18.8 Å². The minimum atomic E-state index is -0.344. The van der Waals surface area contributed by atoms with Gasteiger partial charge in [-0.05, 0) is 37.2 Å². The highest BCUT2D eigenvalue weighted by Gasteiger charge is 2.20. The SMILES string of the molecule is Cn1c(N2CCN(CCCC(=O)c3ccc(F)cc3)CC2)cc(=O)n(C)c1=O. The average Bonchev–Trinajstić information content (AvgIpc) is 2.70. The maximum absolute atomic E-state index is 12.9. The van der Waals surface area contributed by atoms with E-state index < -0.39 is 0 Å². The van der Waals surface area contributed by atoms with Crippen molar-refractivity contribution in [3.63, 3.8) is 0 Å². The number of halogens is 1. The maximum Gasteiger partial charge on any atom is 0.332 e. The van der Waals surface area contributed by atoms with Crippen LogP contribution in [0.15, 0.2) is 39.9 Å². The molecule has 1 aliphatic rings. The van der Waals surface area contributed by atoms with Crippen LogP contribution in [0.3, 0.4) is 0 Å². The van der Waals surface area contributed by atoms with E-state index in [0.29, 0.717) is 30.9 Å². The Balaban J connectivity index is 1.50. The summed E-state index contributed by atoms with van der Waals surface area (Å²) in [5.41, 5.74) is -0.0955. The lowest BCUT2D eigenvalue weighted by atomic mass is 10.1. The molecule has 8 heteroatoms. The van der Waals surface area contributed by atoms with Crippen LogP contribution in [0.1, 0.15) is 23.2 Å². The molecule has 0 radical (unpaired) electrons. The van der Waals surface area contributed by atoms with Gasteiger partial charge in [0.15, 0.2) is 5.78 Å². The summed E-state index contributed by atoms with van der Waals surface area (Å²) in [5, 5.41) is 0. The van der Waals surface area contributed by atoms with Crippen molar-refractivity contribution < 1.29 is 9.18 Å². The summed E-state index contributed by atoms with van der Waals surface area (Å²) in [6, 6.07) is 7.14. The van der Waals surface area contributed by atoms with Gasteiger partial charge in [-0.1, -0.05) is 0 Å². The van der Waals surface area contributed by atoms with Gasteiger partial charge in [-0.3, -0.25) is 23.6 Å². The molecule has 1 aliphatic heterocycles. The number of anilines is 1. The highest BCUT2D eigenvalue weighted by molar-refractivity contribution is 5.95. The lowest BCUT2D eigenvalue weighted by Gasteiger charge is -2.36. The second-order valence-corrected chi connectivity index (χ2v) is 7.10. The third-order valence-electron chi connectivity index (χ3n) is 5.24. The summed E-state index contributed by atoms with van der Waals surface area (Å²) >= 11 is 0. The van der Waals surface area contributed by atoms with Gasteiger partial charge in [0.05, 0.1) is 0 Å². The number of aromatic nitrogens is 2. The van der Waals surface area contributed by atoms with Gasteiger partial charge in [0.2, 0.25) is 0 Å². The van der Waals surface area contributed by atoms with Crippen LogP contribution in [0.25, 0.3) is 0 Å². The minimum Gasteiger partial charge on any atom is -0.355 e. The second-order valence-electron chi connectivity index (χ2n) is 7.10. The van der Waals surface area contributed by atoms with Crippen LogP contribution < -0.4 is 16.1 Å². The molecule has 0 N–H and O–H groups in total. The zero-order chi connectivity index (χ0) is 20.3. The van der Waals surface area contributed by atoms with Crippen molar-refractivity contribution in [1.82, 2.24) is 14.0 Å². The molecular weight excluding hydrogens is 363 g/mol. The lowest BCUT2D eigenvalue weighted by molar-refractivity contribution is 0.0974. The van der Waals surface area contributed by atoms with Crippen molar-refractivity contribution in [3.05, 3.63) is 62.6 Å². The molecule has 2 aromatic rings. The van der Waals surface area contributed by atoms with Crippen molar-refractivity contribution in [3.8, 4) is 0 Å². The van der Waals surface area contributed by atoms with Crippen LogP contribution in [0.2, 0.25) is 0 Å². The van der Waals surface area contributed by atoms with Crippen LogP contribution in [-0.2, 0) is 14.1 Å². The normalized spacial score (nSPS) is 15.0. The zero-order valence-electron chi connectivity index (χ0n) is 16.2. The van der Waals surface area contributed by atoms with Crippen LogP contribution >= 0.6 is 0 Å². The Hall–Kier alpha value is -2.74. The smallest absolute Gasteiger partial charge is 0.332 e. The summed E-state index contributed by atoms with van der Waals surface area (Å²) in [5.74, 6) is 0.316. The molecular formula is C20H25FN4O3. The zero-order valence-corrected chi connectivity index (χ0v) is 16.2. The topological polar surface area (TPSA) is 67.5 Å². The van der Waals surface area contributed by atoms with Gasteiger partial charge in [-0.2, -0.15) is 0 Å². The van der Waals surface area contributed by atoms with Gasteiger partial charge in [0.25, 0.3) is 5.56 Å². The number of benzene rings is 1. The Labute approximate surface area is 162 Å². The van der Waals surface area contributed by atoms with Crippen LogP contribution in [-0.4, -0.2) is 52.5 Å². The Kier molecular flexibility index (Phi) is 6.08. The van der Waals surface area contributed by atoms with E-state index in [2.05, 4.69) is 4.90 Å². The third-order valence-corrected chi connectivity index (χ3v) is 5.24. The van der Waals surface area contributed by atoms with E-state index in [1.54, 1.807) is 7.05 Å². The fraction of sp³-hybridized carbons (Fsp3) is 0.450. The molecule has 1 aromatic carbocycles. The van der Waals surface area contributed by atoms with Crippen molar-refractivity contribution in [1.29, 1.82) is 0 Å². The highest BCUT2D eigenvalue weighted by Crippen LogP contribution is 2.13. The first-order chi connectivity index (χ1) is 13.4. The first kappa shape index (κ1) is 20.0. The molecule has 1 aromatic heterocycles. The Morgan fingerprint density at radius 1 is 1.00 bits per heavy atom. The number of nitrogens with zero attached hydrogens (tertiary/aromatic N) is 4. The molecule has 0 aliphatic carbocycles. The first-order valence-electron chi connectivity index (χ1n) is 9.40. The minimum absolute atomic E-state index is 0.0220. The number of rotatable bonds is 6. The number of ketones is 1. The van der Waals surface area contributed by atoms with Gasteiger partial charge in [0.1, 0.15) is 11.6 Å². The molecule has 28 heavy (non-hydrogen) atoms. The molecule has 0 saturated carbocycles. The summed E-state index contributed by atoms with van der Waals surface area (Å²) in [6.07, 6.45) is 1.16. The van der Waals surface area contributed by atoms with E-state index in [0.717, 1.165) is 30.6 Å². The molecule has 1 saturated heterocycles. The molecule has 0 amide bonds. The summed E-state index contributed by atoms with van der Waals surface area (Å²) < 4.78 is 15.5. The molecule has 0 spiro atoms. The fourth-order valence-corrected chi connectivity index (χ4v) is 3.47. The Morgan fingerprint density at radius 3 is 2.29 bits per heavy atom. The number of carbonyl (C=O) groups is 1. The van der Waals surface area contributed by atoms with Crippen LogP contribution in [0.4, 0.5) is 10.2 Å². The van der Waals surface area contributed by atoms with Gasteiger partial charge in [-0.25, -0.2) is 9.18 Å². The van der Waals surface area contributed by atoms with Crippen LogP contribution in [0, 0.1) is 5.82 Å². The molecule has 150 valence electrons. The van der Waals surface area contributed by atoms with Gasteiger partial charge in [-0.15, -0.1) is 0 Å².